The van der Waals surface area contributed by atoms with Crippen LogP contribution in [0.15, 0.2) is 53.9 Å². The van der Waals surface area contributed by atoms with Crippen LogP contribution in [0.2, 0.25) is 0 Å². The number of nitrogens with zero attached hydrogens (tertiary/aromatic N) is 3. The molecular weight excluding hydrogens is 282 g/mol. The van der Waals surface area contributed by atoms with Crippen LogP contribution in [0.25, 0.3) is 16.7 Å². The largest absolute Gasteiger partial charge is 0.506 e. The number of rotatable bonds is 4. The molecule has 3 aromatic rings. The lowest BCUT2D eigenvalue weighted by Crippen LogP contribution is -1.99. The van der Waals surface area contributed by atoms with Gasteiger partial charge in [0.25, 0.3) is 0 Å². The summed E-state index contributed by atoms with van der Waals surface area (Å²) in [5.74, 6) is 1.03. The van der Waals surface area contributed by atoms with Crippen molar-refractivity contribution in [2.45, 2.75) is 11.8 Å². The van der Waals surface area contributed by atoms with E-state index in [1.54, 1.807) is 17.8 Å². The van der Waals surface area contributed by atoms with Crippen LogP contribution in [0.4, 0.5) is 0 Å². The Labute approximate surface area is 127 Å². The Morgan fingerprint density at radius 2 is 2.00 bits per heavy atom. The standard InChI is InChI=1S/C16H15N3OS/c1-3-8-21-12-5-6-13-14(10-12)18-19(17-13)15-9-11(2)4-7-16(15)20/h3-7,9-10,20H,1,8H2,2H3. The van der Waals surface area contributed by atoms with E-state index < -0.39 is 0 Å². The van der Waals surface area contributed by atoms with Crippen LogP contribution in [-0.4, -0.2) is 25.9 Å². The molecule has 0 aliphatic rings. The van der Waals surface area contributed by atoms with Gasteiger partial charge in [-0.25, -0.2) is 0 Å². The molecular formula is C16H15N3OS. The molecule has 0 spiro atoms. The van der Waals surface area contributed by atoms with Crippen LogP contribution < -0.4 is 0 Å². The first-order valence-electron chi connectivity index (χ1n) is 6.58. The van der Waals surface area contributed by atoms with Crippen molar-refractivity contribution in [1.82, 2.24) is 15.0 Å². The fraction of sp³-hybridized carbons (Fsp3) is 0.125. The van der Waals surface area contributed by atoms with Crippen molar-refractivity contribution in [2.24, 2.45) is 0 Å². The fourth-order valence-corrected chi connectivity index (χ4v) is 2.71. The maximum absolute atomic E-state index is 9.97. The number of aromatic hydroxyl groups is 1. The van der Waals surface area contributed by atoms with E-state index in [2.05, 4.69) is 16.8 Å². The number of fused-ring (bicyclic) bond motifs is 1. The van der Waals surface area contributed by atoms with Crippen molar-refractivity contribution in [3.8, 4) is 11.4 Å². The number of benzene rings is 2. The van der Waals surface area contributed by atoms with Crippen LogP contribution in [0.5, 0.6) is 5.75 Å². The molecule has 0 bridgehead atoms. The van der Waals surface area contributed by atoms with E-state index in [1.165, 1.54) is 4.80 Å². The zero-order valence-corrected chi connectivity index (χ0v) is 12.5. The Morgan fingerprint density at radius 3 is 2.81 bits per heavy atom. The fourth-order valence-electron chi connectivity index (χ4n) is 2.04. The van der Waals surface area contributed by atoms with Gasteiger partial charge in [0.2, 0.25) is 0 Å². The highest BCUT2D eigenvalue weighted by Crippen LogP contribution is 2.25. The SMILES string of the molecule is C=CCSc1ccc2nn(-c3cc(C)ccc3O)nc2c1. The monoisotopic (exact) mass is 297 g/mol. The number of phenols is 1. The van der Waals surface area contributed by atoms with E-state index in [4.69, 9.17) is 0 Å². The van der Waals surface area contributed by atoms with E-state index in [0.29, 0.717) is 5.69 Å². The summed E-state index contributed by atoms with van der Waals surface area (Å²) < 4.78 is 0. The molecule has 0 saturated carbocycles. The molecule has 2 aromatic carbocycles. The molecule has 4 nitrogen and oxygen atoms in total. The number of phenolic OH excluding ortho intramolecular Hbond substituents is 1. The molecule has 1 aromatic heterocycles. The molecule has 0 aliphatic carbocycles. The maximum atomic E-state index is 9.97. The molecule has 0 unspecified atom stereocenters. The van der Waals surface area contributed by atoms with Gasteiger partial charge in [-0.15, -0.1) is 33.3 Å². The molecule has 0 aliphatic heterocycles. The number of hydrogen-bond donors (Lipinski definition) is 1. The van der Waals surface area contributed by atoms with E-state index in [-0.39, 0.29) is 5.75 Å². The van der Waals surface area contributed by atoms with Gasteiger partial charge in [0, 0.05) is 10.6 Å². The molecule has 0 atom stereocenters. The van der Waals surface area contributed by atoms with Crippen molar-refractivity contribution in [3.63, 3.8) is 0 Å². The maximum Gasteiger partial charge on any atom is 0.143 e. The van der Waals surface area contributed by atoms with Crippen molar-refractivity contribution in [3.05, 3.63) is 54.6 Å². The van der Waals surface area contributed by atoms with Gasteiger partial charge >= 0.3 is 0 Å². The summed E-state index contributed by atoms with van der Waals surface area (Å²) >= 11 is 1.70. The molecule has 0 radical (unpaired) electrons. The summed E-state index contributed by atoms with van der Waals surface area (Å²) in [5, 5.41) is 18.9. The molecule has 0 fully saturated rings. The number of thioether (sulfide) groups is 1. The minimum absolute atomic E-state index is 0.169. The summed E-state index contributed by atoms with van der Waals surface area (Å²) in [7, 11) is 0. The van der Waals surface area contributed by atoms with Gasteiger partial charge in [-0.05, 0) is 42.8 Å². The lowest BCUT2D eigenvalue weighted by Gasteiger charge is -2.03. The lowest BCUT2D eigenvalue weighted by molar-refractivity contribution is 0.467. The van der Waals surface area contributed by atoms with Gasteiger partial charge in [0.05, 0.1) is 0 Å². The van der Waals surface area contributed by atoms with Gasteiger partial charge < -0.3 is 5.11 Å². The second-order valence-electron chi connectivity index (χ2n) is 4.73. The van der Waals surface area contributed by atoms with Crippen molar-refractivity contribution in [2.75, 3.05) is 5.75 Å². The molecule has 0 saturated heterocycles. The van der Waals surface area contributed by atoms with E-state index in [9.17, 15) is 5.11 Å². The Kier molecular flexibility index (Phi) is 3.66. The highest BCUT2D eigenvalue weighted by molar-refractivity contribution is 7.99. The number of aryl methyl sites for hydroxylation is 1. The van der Waals surface area contributed by atoms with E-state index in [1.807, 2.05) is 43.3 Å². The summed E-state index contributed by atoms with van der Waals surface area (Å²) in [4.78, 5) is 2.61. The lowest BCUT2D eigenvalue weighted by atomic mass is 10.2. The molecule has 106 valence electrons. The third-order valence-electron chi connectivity index (χ3n) is 3.07. The zero-order valence-electron chi connectivity index (χ0n) is 11.7. The molecule has 1 heterocycles. The first-order chi connectivity index (χ1) is 10.2. The van der Waals surface area contributed by atoms with E-state index >= 15 is 0 Å². The van der Waals surface area contributed by atoms with Gasteiger partial charge in [0.1, 0.15) is 22.5 Å². The number of aromatic nitrogens is 3. The Morgan fingerprint density at radius 1 is 1.19 bits per heavy atom. The Balaban J connectivity index is 2.04. The quantitative estimate of drug-likeness (QED) is 0.589. The average molecular weight is 297 g/mol. The van der Waals surface area contributed by atoms with Gasteiger partial charge in [-0.2, -0.15) is 0 Å². The molecule has 21 heavy (non-hydrogen) atoms. The number of hydrogen-bond acceptors (Lipinski definition) is 4. The van der Waals surface area contributed by atoms with Crippen molar-refractivity contribution < 1.29 is 5.11 Å². The third kappa shape index (κ3) is 2.78. The first kappa shape index (κ1) is 13.7. The normalized spacial score (nSPS) is 10.9. The second-order valence-corrected chi connectivity index (χ2v) is 5.83. The van der Waals surface area contributed by atoms with Crippen molar-refractivity contribution in [1.29, 1.82) is 0 Å². The predicted molar refractivity (Wildman–Crippen MR) is 86.2 cm³/mol. The van der Waals surface area contributed by atoms with Crippen LogP contribution in [-0.2, 0) is 0 Å². The highest BCUT2D eigenvalue weighted by atomic mass is 32.2. The van der Waals surface area contributed by atoms with Gasteiger partial charge in [-0.3, -0.25) is 0 Å². The smallest absolute Gasteiger partial charge is 0.143 e. The minimum atomic E-state index is 0.169. The second kappa shape index (κ2) is 5.61. The zero-order chi connectivity index (χ0) is 14.8. The Hall–Kier alpha value is -2.27. The van der Waals surface area contributed by atoms with Crippen LogP contribution in [0.3, 0.4) is 0 Å². The topological polar surface area (TPSA) is 50.9 Å². The van der Waals surface area contributed by atoms with E-state index in [0.717, 1.165) is 27.2 Å². The Bertz CT molecular complexity index is 810. The minimum Gasteiger partial charge on any atom is -0.506 e. The average Bonchev–Trinajstić information content (AvgIpc) is 2.90. The predicted octanol–water partition coefficient (Wildman–Crippen LogP) is 3.71. The van der Waals surface area contributed by atoms with Crippen LogP contribution >= 0.6 is 11.8 Å². The highest BCUT2D eigenvalue weighted by Gasteiger charge is 2.09. The summed E-state index contributed by atoms with van der Waals surface area (Å²) in [5.41, 5.74) is 3.25. The van der Waals surface area contributed by atoms with Crippen LogP contribution in [0.1, 0.15) is 5.56 Å². The van der Waals surface area contributed by atoms with Gasteiger partial charge in [-0.1, -0.05) is 12.1 Å². The molecule has 3 rings (SSSR count). The molecule has 5 heteroatoms. The summed E-state index contributed by atoms with van der Waals surface area (Å²) in [6.45, 7) is 5.69. The van der Waals surface area contributed by atoms with Crippen molar-refractivity contribution >= 4 is 22.8 Å². The molecule has 1 N–H and O–H groups in total. The summed E-state index contributed by atoms with van der Waals surface area (Å²) in [6.07, 6.45) is 1.87. The van der Waals surface area contributed by atoms with Gasteiger partial charge in [0.15, 0.2) is 0 Å². The summed E-state index contributed by atoms with van der Waals surface area (Å²) in [6, 6.07) is 11.3. The third-order valence-corrected chi connectivity index (χ3v) is 4.06. The van der Waals surface area contributed by atoms with Crippen LogP contribution in [0, 0.1) is 6.92 Å². The molecule has 0 amide bonds. The first-order valence-corrected chi connectivity index (χ1v) is 7.57.